The van der Waals surface area contributed by atoms with Gasteiger partial charge in [0, 0.05) is 0 Å². The van der Waals surface area contributed by atoms with Gasteiger partial charge in [-0.25, -0.2) is 0 Å². The Morgan fingerprint density at radius 3 is 2.00 bits per heavy atom. The Bertz CT molecular complexity index is 708. The molecule has 2 aromatic rings. The van der Waals surface area contributed by atoms with Crippen molar-refractivity contribution in [1.82, 2.24) is 0 Å². The SMILES string of the molecule is Cc1cc(O)c(N=Nc2c(C)c(C)cc(C)c2O)cc1C. The molecule has 2 aromatic carbocycles. The predicted molar refractivity (Wildman–Crippen MR) is 84.1 cm³/mol. The normalized spacial score (nSPS) is 11.3. The first-order valence-electron chi connectivity index (χ1n) is 6.83. The Morgan fingerprint density at radius 1 is 0.714 bits per heavy atom. The Labute approximate surface area is 124 Å². The molecule has 0 amide bonds. The van der Waals surface area contributed by atoms with E-state index in [-0.39, 0.29) is 11.5 Å². The summed E-state index contributed by atoms with van der Waals surface area (Å²) in [4.78, 5) is 0. The molecule has 0 heterocycles. The maximum atomic E-state index is 10.1. The third kappa shape index (κ3) is 2.89. The van der Waals surface area contributed by atoms with Gasteiger partial charge in [0.2, 0.25) is 0 Å². The number of azo groups is 1. The quantitative estimate of drug-likeness (QED) is 0.757. The fraction of sp³-hybridized carbons (Fsp3) is 0.294. The van der Waals surface area contributed by atoms with Crippen molar-refractivity contribution in [3.63, 3.8) is 0 Å². The molecule has 0 aliphatic carbocycles. The van der Waals surface area contributed by atoms with E-state index < -0.39 is 0 Å². The first-order chi connectivity index (χ1) is 9.81. The minimum atomic E-state index is 0.0865. The summed E-state index contributed by atoms with van der Waals surface area (Å²) in [5, 5.41) is 28.3. The molecule has 4 nitrogen and oxygen atoms in total. The van der Waals surface area contributed by atoms with Crippen LogP contribution in [-0.2, 0) is 0 Å². The number of nitrogens with zero attached hydrogens (tertiary/aromatic N) is 2. The molecule has 4 heteroatoms. The molecule has 0 aliphatic rings. The molecule has 0 radical (unpaired) electrons. The molecule has 0 saturated heterocycles. The van der Waals surface area contributed by atoms with Gasteiger partial charge in [-0.3, -0.25) is 0 Å². The highest BCUT2D eigenvalue weighted by atomic mass is 16.3. The predicted octanol–water partition coefficient (Wildman–Crippen LogP) is 5.06. The summed E-state index contributed by atoms with van der Waals surface area (Å²) in [5.74, 6) is 0.216. The average Bonchev–Trinajstić information content (AvgIpc) is 2.42. The molecule has 0 atom stereocenters. The number of phenolic OH excluding ortho intramolecular Hbond substituents is 2. The van der Waals surface area contributed by atoms with Crippen LogP contribution in [0.5, 0.6) is 11.5 Å². The Morgan fingerprint density at radius 2 is 1.33 bits per heavy atom. The Hall–Kier alpha value is -2.36. The van der Waals surface area contributed by atoms with Crippen LogP contribution in [0.1, 0.15) is 27.8 Å². The smallest absolute Gasteiger partial charge is 0.146 e. The molecular weight excluding hydrogens is 264 g/mol. The lowest BCUT2D eigenvalue weighted by molar-refractivity contribution is 0.470. The van der Waals surface area contributed by atoms with Gasteiger partial charge in [0.1, 0.15) is 22.9 Å². The molecule has 21 heavy (non-hydrogen) atoms. The van der Waals surface area contributed by atoms with Gasteiger partial charge in [0.25, 0.3) is 0 Å². The molecule has 2 rings (SSSR count). The van der Waals surface area contributed by atoms with Gasteiger partial charge >= 0.3 is 0 Å². The highest BCUT2D eigenvalue weighted by molar-refractivity contribution is 5.63. The Kier molecular flexibility index (Phi) is 3.98. The van der Waals surface area contributed by atoms with Crippen molar-refractivity contribution in [2.24, 2.45) is 10.2 Å². The molecule has 0 aliphatic heterocycles. The average molecular weight is 284 g/mol. The van der Waals surface area contributed by atoms with Crippen LogP contribution in [-0.4, -0.2) is 10.2 Å². The first-order valence-corrected chi connectivity index (χ1v) is 6.83. The van der Waals surface area contributed by atoms with E-state index in [0.717, 1.165) is 27.8 Å². The second-order valence-corrected chi connectivity index (χ2v) is 5.46. The van der Waals surface area contributed by atoms with Gasteiger partial charge in [-0.05, 0) is 74.6 Å². The molecule has 110 valence electrons. The van der Waals surface area contributed by atoms with E-state index in [1.165, 1.54) is 0 Å². The molecule has 0 fully saturated rings. The van der Waals surface area contributed by atoms with E-state index in [4.69, 9.17) is 0 Å². The van der Waals surface area contributed by atoms with Gasteiger partial charge in [-0.2, -0.15) is 0 Å². The molecule has 2 N–H and O–H groups in total. The number of aromatic hydroxyl groups is 2. The van der Waals surface area contributed by atoms with Crippen LogP contribution >= 0.6 is 0 Å². The van der Waals surface area contributed by atoms with Crippen molar-refractivity contribution in [2.45, 2.75) is 34.6 Å². The molecule has 0 bridgehead atoms. The molecule has 0 unspecified atom stereocenters. The van der Waals surface area contributed by atoms with Crippen LogP contribution in [0.3, 0.4) is 0 Å². The van der Waals surface area contributed by atoms with Crippen molar-refractivity contribution in [3.05, 3.63) is 46.0 Å². The third-order valence-corrected chi connectivity index (χ3v) is 3.83. The fourth-order valence-electron chi connectivity index (χ4n) is 2.14. The Balaban J connectivity index is 2.50. The molecule has 0 saturated carbocycles. The van der Waals surface area contributed by atoms with Crippen molar-refractivity contribution < 1.29 is 10.2 Å². The lowest BCUT2D eigenvalue weighted by Gasteiger charge is -2.09. The minimum Gasteiger partial charge on any atom is -0.506 e. The number of hydrogen-bond donors (Lipinski definition) is 2. The van der Waals surface area contributed by atoms with E-state index in [2.05, 4.69) is 10.2 Å². The van der Waals surface area contributed by atoms with Crippen LogP contribution in [0, 0.1) is 34.6 Å². The van der Waals surface area contributed by atoms with Crippen molar-refractivity contribution in [2.75, 3.05) is 0 Å². The van der Waals surface area contributed by atoms with E-state index in [1.54, 1.807) is 12.1 Å². The third-order valence-electron chi connectivity index (χ3n) is 3.83. The number of hydrogen-bond acceptors (Lipinski definition) is 4. The lowest BCUT2D eigenvalue weighted by Crippen LogP contribution is -1.86. The lowest BCUT2D eigenvalue weighted by atomic mass is 10.0. The number of aryl methyl sites for hydroxylation is 4. The summed E-state index contributed by atoms with van der Waals surface area (Å²) in [5.41, 5.74) is 5.56. The standard InChI is InChI=1S/C17H20N2O2/c1-9-7-14(15(20)8-10(9)2)18-19-16-13(5)11(3)6-12(4)17(16)21/h6-8,20-21H,1-5H3. The van der Waals surface area contributed by atoms with Crippen LogP contribution in [0.4, 0.5) is 11.4 Å². The van der Waals surface area contributed by atoms with Crippen LogP contribution in [0.25, 0.3) is 0 Å². The maximum Gasteiger partial charge on any atom is 0.146 e. The summed E-state index contributed by atoms with van der Waals surface area (Å²) in [6.07, 6.45) is 0. The fourth-order valence-corrected chi connectivity index (χ4v) is 2.14. The topological polar surface area (TPSA) is 65.2 Å². The summed E-state index contributed by atoms with van der Waals surface area (Å²) in [6.45, 7) is 9.56. The minimum absolute atomic E-state index is 0.0865. The van der Waals surface area contributed by atoms with E-state index >= 15 is 0 Å². The number of rotatable bonds is 2. The summed E-state index contributed by atoms with van der Waals surface area (Å²) < 4.78 is 0. The maximum absolute atomic E-state index is 10.1. The summed E-state index contributed by atoms with van der Waals surface area (Å²) in [6, 6.07) is 5.36. The van der Waals surface area contributed by atoms with Crippen LogP contribution in [0.2, 0.25) is 0 Å². The van der Waals surface area contributed by atoms with Gasteiger partial charge in [-0.1, -0.05) is 6.07 Å². The van der Waals surface area contributed by atoms with Crippen molar-refractivity contribution in [3.8, 4) is 11.5 Å². The molecule has 0 aromatic heterocycles. The van der Waals surface area contributed by atoms with E-state index in [9.17, 15) is 10.2 Å². The van der Waals surface area contributed by atoms with Gasteiger partial charge in [-0.15, -0.1) is 10.2 Å². The zero-order valence-electron chi connectivity index (χ0n) is 13.0. The molecule has 0 spiro atoms. The van der Waals surface area contributed by atoms with Gasteiger partial charge in [0.15, 0.2) is 0 Å². The van der Waals surface area contributed by atoms with Crippen LogP contribution in [0.15, 0.2) is 28.4 Å². The highest BCUT2D eigenvalue weighted by Crippen LogP contribution is 2.38. The van der Waals surface area contributed by atoms with Gasteiger partial charge in [0.05, 0.1) is 0 Å². The molecular formula is C17H20N2O2. The summed E-state index contributed by atoms with van der Waals surface area (Å²) in [7, 11) is 0. The largest absolute Gasteiger partial charge is 0.506 e. The van der Waals surface area contributed by atoms with Crippen molar-refractivity contribution in [1.29, 1.82) is 0 Å². The van der Waals surface area contributed by atoms with E-state index in [1.807, 2.05) is 40.7 Å². The monoisotopic (exact) mass is 284 g/mol. The highest BCUT2D eigenvalue weighted by Gasteiger charge is 2.11. The van der Waals surface area contributed by atoms with Crippen LogP contribution < -0.4 is 0 Å². The zero-order chi connectivity index (χ0) is 15.7. The number of phenols is 2. The van der Waals surface area contributed by atoms with Crippen molar-refractivity contribution >= 4 is 11.4 Å². The first kappa shape index (κ1) is 15.0. The summed E-state index contributed by atoms with van der Waals surface area (Å²) >= 11 is 0. The second kappa shape index (κ2) is 5.56. The van der Waals surface area contributed by atoms with Gasteiger partial charge < -0.3 is 10.2 Å². The zero-order valence-corrected chi connectivity index (χ0v) is 13.0. The van der Waals surface area contributed by atoms with E-state index in [0.29, 0.717) is 11.4 Å². The number of benzene rings is 2. The second-order valence-electron chi connectivity index (χ2n) is 5.46.